The summed E-state index contributed by atoms with van der Waals surface area (Å²) in [5, 5.41) is 3.14. The maximum Gasteiger partial charge on any atom is 0.0992 e. The summed E-state index contributed by atoms with van der Waals surface area (Å²) in [5.41, 5.74) is 2.21. The van der Waals surface area contributed by atoms with Gasteiger partial charge < -0.3 is 9.88 Å². The Morgan fingerprint density at radius 3 is 2.85 bits per heavy atom. The van der Waals surface area contributed by atoms with Crippen molar-refractivity contribution in [1.29, 1.82) is 0 Å². The lowest BCUT2D eigenvalue weighted by Gasteiger charge is -2.08. The standard InChI is InChI=1S/C10H11N3/c1-11-9-4-2-3-5-10(9)13-7-6-12-8-13/h2-8,11H,1H3. The number of para-hydroxylation sites is 2. The Morgan fingerprint density at radius 2 is 2.15 bits per heavy atom. The summed E-state index contributed by atoms with van der Waals surface area (Å²) in [4.78, 5) is 4.01. The predicted octanol–water partition coefficient (Wildman–Crippen LogP) is 1.91. The van der Waals surface area contributed by atoms with Gasteiger partial charge in [0, 0.05) is 19.4 Å². The van der Waals surface area contributed by atoms with Crippen molar-refractivity contribution in [2.75, 3.05) is 12.4 Å². The Bertz CT molecular complexity index is 379. The van der Waals surface area contributed by atoms with E-state index in [4.69, 9.17) is 0 Å². The molecule has 0 fully saturated rings. The van der Waals surface area contributed by atoms with Crippen LogP contribution in [0.25, 0.3) is 5.69 Å². The second kappa shape index (κ2) is 3.31. The summed E-state index contributed by atoms with van der Waals surface area (Å²) in [7, 11) is 1.91. The maximum atomic E-state index is 4.01. The molecule has 0 aliphatic rings. The van der Waals surface area contributed by atoms with Crippen LogP contribution in [0.15, 0.2) is 43.0 Å². The fraction of sp³-hybridized carbons (Fsp3) is 0.100. The molecule has 0 aliphatic heterocycles. The molecule has 0 atom stereocenters. The van der Waals surface area contributed by atoms with Crippen molar-refractivity contribution in [2.45, 2.75) is 0 Å². The number of aromatic nitrogens is 2. The molecule has 0 unspecified atom stereocenters. The van der Waals surface area contributed by atoms with Crippen LogP contribution < -0.4 is 5.32 Å². The van der Waals surface area contributed by atoms with Crippen LogP contribution in [-0.2, 0) is 0 Å². The fourth-order valence-corrected chi connectivity index (χ4v) is 1.31. The Kier molecular flexibility index (Phi) is 2.00. The number of anilines is 1. The molecule has 0 aliphatic carbocycles. The van der Waals surface area contributed by atoms with Gasteiger partial charge in [0.25, 0.3) is 0 Å². The zero-order chi connectivity index (χ0) is 9.10. The Morgan fingerprint density at radius 1 is 1.31 bits per heavy atom. The minimum atomic E-state index is 1.10. The molecule has 66 valence electrons. The zero-order valence-corrected chi connectivity index (χ0v) is 7.44. The number of hydrogen-bond donors (Lipinski definition) is 1. The first-order chi connectivity index (χ1) is 6.42. The second-order valence-corrected chi connectivity index (χ2v) is 2.74. The van der Waals surface area contributed by atoms with Gasteiger partial charge in [0.1, 0.15) is 0 Å². The molecule has 0 bridgehead atoms. The van der Waals surface area contributed by atoms with E-state index in [0.717, 1.165) is 11.4 Å². The van der Waals surface area contributed by atoms with Crippen LogP contribution in [0.5, 0.6) is 0 Å². The molecule has 1 aromatic heterocycles. The predicted molar refractivity (Wildman–Crippen MR) is 53.1 cm³/mol. The van der Waals surface area contributed by atoms with Crippen LogP contribution in [0, 0.1) is 0 Å². The number of benzene rings is 1. The molecule has 13 heavy (non-hydrogen) atoms. The van der Waals surface area contributed by atoms with Gasteiger partial charge in [0.05, 0.1) is 17.7 Å². The van der Waals surface area contributed by atoms with E-state index in [0.29, 0.717) is 0 Å². The molecular formula is C10H11N3. The first-order valence-corrected chi connectivity index (χ1v) is 4.17. The normalized spacial score (nSPS) is 9.92. The van der Waals surface area contributed by atoms with E-state index in [2.05, 4.69) is 10.3 Å². The molecule has 1 heterocycles. The highest BCUT2D eigenvalue weighted by Crippen LogP contribution is 2.18. The Balaban J connectivity index is 2.51. The minimum absolute atomic E-state index is 1.10. The molecule has 2 rings (SSSR count). The smallest absolute Gasteiger partial charge is 0.0992 e. The molecule has 0 saturated heterocycles. The highest BCUT2D eigenvalue weighted by Gasteiger charge is 1.99. The van der Waals surface area contributed by atoms with E-state index < -0.39 is 0 Å². The summed E-state index contributed by atoms with van der Waals surface area (Å²) in [6, 6.07) is 8.10. The molecule has 3 heteroatoms. The summed E-state index contributed by atoms with van der Waals surface area (Å²) in [6.07, 6.45) is 5.48. The van der Waals surface area contributed by atoms with Crippen LogP contribution in [0.3, 0.4) is 0 Å². The van der Waals surface area contributed by atoms with Crippen LogP contribution in [-0.4, -0.2) is 16.6 Å². The van der Waals surface area contributed by atoms with Gasteiger partial charge in [-0.15, -0.1) is 0 Å². The Hall–Kier alpha value is -1.77. The monoisotopic (exact) mass is 173 g/mol. The number of nitrogens with zero attached hydrogens (tertiary/aromatic N) is 2. The van der Waals surface area contributed by atoms with E-state index in [-0.39, 0.29) is 0 Å². The second-order valence-electron chi connectivity index (χ2n) is 2.74. The van der Waals surface area contributed by atoms with Crippen molar-refractivity contribution in [3.8, 4) is 5.69 Å². The molecule has 1 N–H and O–H groups in total. The minimum Gasteiger partial charge on any atom is -0.386 e. The number of hydrogen-bond acceptors (Lipinski definition) is 2. The van der Waals surface area contributed by atoms with Crippen molar-refractivity contribution in [3.63, 3.8) is 0 Å². The topological polar surface area (TPSA) is 29.9 Å². The molecule has 3 nitrogen and oxygen atoms in total. The van der Waals surface area contributed by atoms with Crippen molar-refractivity contribution in [1.82, 2.24) is 9.55 Å². The zero-order valence-electron chi connectivity index (χ0n) is 7.44. The van der Waals surface area contributed by atoms with Crippen LogP contribution in [0.4, 0.5) is 5.69 Å². The van der Waals surface area contributed by atoms with Crippen molar-refractivity contribution >= 4 is 5.69 Å². The molecule has 0 radical (unpaired) electrons. The molecule has 0 amide bonds. The molecule has 0 spiro atoms. The quantitative estimate of drug-likeness (QED) is 0.751. The lowest BCUT2D eigenvalue weighted by atomic mass is 10.2. The van der Waals surface area contributed by atoms with E-state index in [1.54, 1.807) is 12.5 Å². The highest BCUT2D eigenvalue weighted by molar-refractivity contribution is 5.60. The van der Waals surface area contributed by atoms with E-state index in [1.165, 1.54) is 0 Å². The number of imidazole rings is 1. The van der Waals surface area contributed by atoms with Gasteiger partial charge in [-0.1, -0.05) is 12.1 Å². The van der Waals surface area contributed by atoms with Gasteiger partial charge in [-0.25, -0.2) is 4.98 Å². The van der Waals surface area contributed by atoms with Gasteiger partial charge in [-0.3, -0.25) is 0 Å². The van der Waals surface area contributed by atoms with Gasteiger partial charge in [-0.05, 0) is 12.1 Å². The number of nitrogens with one attached hydrogen (secondary N) is 1. The summed E-state index contributed by atoms with van der Waals surface area (Å²) >= 11 is 0. The van der Waals surface area contributed by atoms with Crippen molar-refractivity contribution < 1.29 is 0 Å². The highest BCUT2D eigenvalue weighted by atomic mass is 15.0. The van der Waals surface area contributed by atoms with E-state index in [1.807, 2.05) is 42.1 Å². The van der Waals surface area contributed by atoms with Crippen molar-refractivity contribution in [2.24, 2.45) is 0 Å². The first-order valence-electron chi connectivity index (χ1n) is 4.17. The SMILES string of the molecule is CNc1ccccc1-n1ccnc1. The lowest BCUT2D eigenvalue weighted by Crippen LogP contribution is -1.97. The average Bonchev–Trinajstić information content (AvgIpc) is 2.70. The molecule has 0 saturated carbocycles. The number of rotatable bonds is 2. The van der Waals surface area contributed by atoms with Gasteiger partial charge in [0.2, 0.25) is 0 Å². The summed E-state index contributed by atoms with van der Waals surface area (Å²) in [6.45, 7) is 0. The van der Waals surface area contributed by atoms with Gasteiger partial charge >= 0.3 is 0 Å². The van der Waals surface area contributed by atoms with E-state index >= 15 is 0 Å². The third-order valence-corrected chi connectivity index (χ3v) is 1.96. The maximum absolute atomic E-state index is 4.01. The third-order valence-electron chi connectivity index (χ3n) is 1.96. The third kappa shape index (κ3) is 1.40. The van der Waals surface area contributed by atoms with Crippen LogP contribution in [0.2, 0.25) is 0 Å². The largest absolute Gasteiger partial charge is 0.386 e. The molecule has 1 aromatic carbocycles. The van der Waals surface area contributed by atoms with Crippen LogP contribution >= 0.6 is 0 Å². The molecular weight excluding hydrogens is 162 g/mol. The van der Waals surface area contributed by atoms with Crippen molar-refractivity contribution in [3.05, 3.63) is 43.0 Å². The summed E-state index contributed by atoms with van der Waals surface area (Å²) < 4.78 is 1.98. The average molecular weight is 173 g/mol. The Labute approximate surface area is 77.0 Å². The fourth-order valence-electron chi connectivity index (χ4n) is 1.31. The lowest BCUT2D eigenvalue weighted by molar-refractivity contribution is 1.06. The van der Waals surface area contributed by atoms with Crippen LogP contribution in [0.1, 0.15) is 0 Å². The summed E-state index contributed by atoms with van der Waals surface area (Å²) in [5.74, 6) is 0. The van der Waals surface area contributed by atoms with Gasteiger partial charge in [-0.2, -0.15) is 0 Å². The first kappa shape index (κ1) is 7.86. The van der Waals surface area contributed by atoms with Gasteiger partial charge in [0.15, 0.2) is 0 Å². The van der Waals surface area contributed by atoms with E-state index in [9.17, 15) is 0 Å². The molecule has 2 aromatic rings.